The number of nitrogens with zero attached hydrogens (tertiary/aromatic N) is 2. The molecule has 1 aromatic heterocycles. The molecule has 1 N–H and O–H groups in total. The van der Waals surface area contributed by atoms with Crippen LogP contribution < -0.4 is 5.32 Å². The van der Waals surface area contributed by atoms with Crippen molar-refractivity contribution in [2.75, 3.05) is 25.2 Å². The smallest absolute Gasteiger partial charge is 0.344 e. The molecule has 2 heterocycles. The molecular weight excluding hydrogens is 423 g/mol. The average molecular weight is 441 g/mol. The Bertz CT molecular complexity index is 1100. The van der Waals surface area contributed by atoms with Crippen molar-refractivity contribution in [2.24, 2.45) is 5.92 Å². The van der Waals surface area contributed by atoms with Crippen molar-refractivity contribution >= 4 is 27.3 Å². The lowest BCUT2D eigenvalue weighted by Crippen LogP contribution is -2.33. The molecular formula is C19H18F3N3O4S. The molecule has 0 unspecified atom stereocenters. The van der Waals surface area contributed by atoms with Crippen LogP contribution >= 0.6 is 0 Å². The number of likely N-dealkylation sites (tertiary alicyclic amines) is 1. The zero-order valence-electron chi connectivity index (χ0n) is 16.0. The summed E-state index contributed by atoms with van der Waals surface area (Å²) in [6.07, 6.45) is -1.23. The molecule has 0 radical (unpaired) electrons. The van der Waals surface area contributed by atoms with E-state index in [9.17, 15) is 31.2 Å². The molecule has 1 aromatic carbocycles. The molecule has 160 valence electrons. The number of hydrogen-bond donors (Lipinski definition) is 1. The van der Waals surface area contributed by atoms with Gasteiger partial charge in [0.15, 0.2) is 9.84 Å². The van der Waals surface area contributed by atoms with Crippen LogP contribution in [0.4, 0.5) is 18.9 Å². The van der Waals surface area contributed by atoms with E-state index in [1.165, 1.54) is 36.3 Å². The largest absolute Gasteiger partial charge is 0.416 e. The van der Waals surface area contributed by atoms with Gasteiger partial charge in [-0.25, -0.2) is 8.42 Å². The fraction of sp³-hybridized carbons (Fsp3) is 0.316. The molecule has 30 heavy (non-hydrogen) atoms. The first-order valence-electron chi connectivity index (χ1n) is 8.76. The molecule has 0 spiro atoms. The highest BCUT2D eigenvalue weighted by Crippen LogP contribution is 2.37. The monoisotopic (exact) mass is 441 g/mol. The summed E-state index contributed by atoms with van der Waals surface area (Å²) < 4.78 is 63.1. The SMILES string of the molecule is CN1C[C@H](c2cccc(C(F)(F)F)c2)[C@@H](C(=O)Nc2cnccc2S(C)(=O)=O)C1=O. The van der Waals surface area contributed by atoms with Gasteiger partial charge in [-0.3, -0.25) is 14.6 Å². The van der Waals surface area contributed by atoms with Crippen LogP contribution in [0, 0.1) is 5.92 Å². The first-order chi connectivity index (χ1) is 13.9. The van der Waals surface area contributed by atoms with Crippen LogP contribution in [0.15, 0.2) is 47.6 Å². The molecule has 3 rings (SSSR count). The number of aromatic nitrogens is 1. The van der Waals surface area contributed by atoms with Crippen LogP contribution in [0.25, 0.3) is 0 Å². The Morgan fingerprint density at radius 3 is 2.60 bits per heavy atom. The Morgan fingerprint density at radius 2 is 1.97 bits per heavy atom. The molecule has 0 aliphatic carbocycles. The zero-order chi connectivity index (χ0) is 22.3. The maximum atomic E-state index is 13.1. The molecule has 2 aromatic rings. The van der Waals surface area contributed by atoms with Crippen molar-refractivity contribution in [3.63, 3.8) is 0 Å². The Labute approximate surface area is 170 Å². The topological polar surface area (TPSA) is 96.4 Å². The second-order valence-electron chi connectivity index (χ2n) is 7.06. The van der Waals surface area contributed by atoms with Gasteiger partial charge in [-0.05, 0) is 17.7 Å². The number of nitrogens with one attached hydrogen (secondary N) is 1. The van der Waals surface area contributed by atoms with Gasteiger partial charge >= 0.3 is 6.18 Å². The van der Waals surface area contributed by atoms with Gasteiger partial charge in [0.1, 0.15) is 5.92 Å². The van der Waals surface area contributed by atoms with Crippen LogP contribution in [0.1, 0.15) is 17.0 Å². The van der Waals surface area contributed by atoms with E-state index in [2.05, 4.69) is 10.3 Å². The number of pyridine rings is 1. The normalized spacial score (nSPS) is 19.8. The summed E-state index contributed by atoms with van der Waals surface area (Å²) in [4.78, 5) is 30.4. The lowest BCUT2D eigenvalue weighted by atomic mass is 9.87. The van der Waals surface area contributed by atoms with Gasteiger partial charge in [-0.15, -0.1) is 0 Å². The Kier molecular flexibility index (Phi) is 5.59. The van der Waals surface area contributed by atoms with E-state index in [1.807, 2.05) is 0 Å². The van der Waals surface area contributed by atoms with Gasteiger partial charge in [0.25, 0.3) is 0 Å². The molecule has 2 atom stereocenters. The summed E-state index contributed by atoms with van der Waals surface area (Å²) in [5.41, 5.74) is -0.792. The van der Waals surface area contributed by atoms with Crippen LogP contribution in [0.5, 0.6) is 0 Å². The molecule has 0 bridgehead atoms. The number of carbonyl (C=O) groups is 2. The number of benzene rings is 1. The Balaban J connectivity index is 1.96. The third kappa shape index (κ3) is 4.30. The summed E-state index contributed by atoms with van der Waals surface area (Å²) in [6.45, 7) is 0.0458. The van der Waals surface area contributed by atoms with Crippen molar-refractivity contribution < 1.29 is 31.2 Å². The molecule has 0 saturated carbocycles. The summed E-state index contributed by atoms with van der Waals surface area (Å²) in [6, 6.07) is 5.69. The number of amides is 2. The standard InChI is InChI=1S/C19H18F3N3O4S/c1-25-10-13(11-4-3-5-12(8-11)19(20,21)22)16(18(25)27)17(26)24-14-9-23-7-6-15(14)30(2,28)29/h3-9,13,16H,10H2,1-2H3,(H,24,26)/t13-,16+/m1/s1. The predicted molar refractivity (Wildman–Crippen MR) is 101 cm³/mol. The highest BCUT2D eigenvalue weighted by molar-refractivity contribution is 7.90. The molecule has 1 aliphatic rings. The number of rotatable bonds is 4. The predicted octanol–water partition coefficient (Wildman–Crippen LogP) is 2.31. The molecule has 11 heteroatoms. The fourth-order valence-corrected chi connectivity index (χ4v) is 4.26. The van der Waals surface area contributed by atoms with Gasteiger partial charge in [0.2, 0.25) is 11.8 Å². The number of hydrogen-bond acceptors (Lipinski definition) is 5. The lowest BCUT2D eigenvalue weighted by Gasteiger charge is -2.19. The van der Waals surface area contributed by atoms with Gasteiger partial charge in [-0.2, -0.15) is 13.2 Å². The van der Waals surface area contributed by atoms with Crippen LogP contribution in [0.3, 0.4) is 0 Å². The molecule has 7 nitrogen and oxygen atoms in total. The highest BCUT2D eigenvalue weighted by atomic mass is 32.2. The van der Waals surface area contributed by atoms with E-state index in [1.54, 1.807) is 0 Å². The first kappa shape index (κ1) is 21.8. The summed E-state index contributed by atoms with van der Waals surface area (Å²) >= 11 is 0. The average Bonchev–Trinajstić information content (AvgIpc) is 2.96. The van der Waals surface area contributed by atoms with E-state index in [-0.39, 0.29) is 22.7 Å². The quantitative estimate of drug-likeness (QED) is 0.735. The second-order valence-corrected chi connectivity index (χ2v) is 9.04. The third-order valence-corrected chi connectivity index (χ3v) is 6.03. The zero-order valence-corrected chi connectivity index (χ0v) is 16.8. The summed E-state index contributed by atoms with van der Waals surface area (Å²) in [7, 11) is -2.24. The molecule has 1 aliphatic heterocycles. The van der Waals surface area contributed by atoms with Crippen molar-refractivity contribution in [3.05, 3.63) is 53.9 Å². The minimum Gasteiger partial charge on any atom is -0.344 e. The number of alkyl halides is 3. The number of sulfone groups is 1. The van der Waals surface area contributed by atoms with Crippen molar-refractivity contribution in [2.45, 2.75) is 17.0 Å². The number of likely N-dealkylation sites (N-methyl/N-ethyl adjacent to an activating group) is 1. The van der Waals surface area contributed by atoms with E-state index >= 15 is 0 Å². The molecule has 1 saturated heterocycles. The number of halogens is 3. The summed E-state index contributed by atoms with van der Waals surface area (Å²) in [5, 5.41) is 2.40. The van der Waals surface area contributed by atoms with E-state index in [0.29, 0.717) is 0 Å². The number of anilines is 1. The highest BCUT2D eigenvalue weighted by Gasteiger charge is 2.45. The van der Waals surface area contributed by atoms with Gasteiger partial charge < -0.3 is 10.2 Å². The van der Waals surface area contributed by atoms with Gasteiger partial charge in [0, 0.05) is 32.0 Å². The van der Waals surface area contributed by atoms with Crippen molar-refractivity contribution in [3.8, 4) is 0 Å². The van der Waals surface area contributed by atoms with Gasteiger partial charge in [0.05, 0.1) is 22.3 Å². The van der Waals surface area contributed by atoms with Crippen LogP contribution in [-0.2, 0) is 25.6 Å². The lowest BCUT2D eigenvalue weighted by molar-refractivity contribution is -0.137. The van der Waals surface area contributed by atoms with Crippen LogP contribution in [0.2, 0.25) is 0 Å². The fourth-order valence-electron chi connectivity index (χ4n) is 3.45. The van der Waals surface area contributed by atoms with Gasteiger partial charge in [-0.1, -0.05) is 18.2 Å². The second kappa shape index (κ2) is 7.71. The summed E-state index contributed by atoms with van der Waals surface area (Å²) in [5.74, 6) is -3.53. The minimum atomic E-state index is -4.57. The number of carbonyl (C=O) groups excluding carboxylic acids is 2. The Hall–Kier alpha value is -2.95. The van der Waals surface area contributed by atoms with Crippen molar-refractivity contribution in [1.82, 2.24) is 9.88 Å². The van der Waals surface area contributed by atoms with E-state index in [0.717, 1.165) is 24.6 Å². The maximum absolute atomic E-state index is 13.1. The maximum Gasteiger partial charge on any atom is 0.416 e. The van der Waals surface area contributed by atoms with E-state index in [4.69, 9.17) is 0 Å². The van der Waals surface area contributed by atoms with Crippen molar-refractivity contribution in [1.29, 1.82) is 0 Å². The van der Waals surface area contributed by atoms with E-state index < -0.39 is 45.2 Å². The first-order valence-corrected chi connectivity index (χ1v) is 10.7. The minimum absolute atomic E-state index is 0.0458. The van der Waals surface area contributed by atoms with Crippen LogP contribution in [-0.4, -0.2) is 50.0 Å². The Morgan fingerprint density at radius 1 is 1.27 bits per heavy atom. The molecule has 1 fully saturated rings. The third-order valence-electron chi connectivity index (χ3n) is 4.88. The molecule has 2 amide bonds.